The number of likely N-dealkylation sites (N-methyl/N-ethyl adjacent to an activating group) is 1. The summed E-state index contributed by atoms with van der Waals surface area (Å²) < 4.78 is 0. The maximum Gasteiger partial charge on any atom is 0.331 e. The van der Waals surface area contributed by atoms with Crippen LogP contribution >= 0.6 is 0 Å². The summed E-state index contributed by atoms with van der Waals surface area (Å²) in [6, 6.07) is 13.9. The molecule has 5 heteroatoms. The number of rotatable bonds is 11. The minimum absolute atomic E-state index is 0.0100. The maximum atomic E-state index is 13.3. The molecule has 2 aromatic carbocycles. The van der Waals surface area contributed by atoms with E-state index in [1.165, 1.54) is 16.3 Å². The standard InChI is InChI=1S/C28H38N2O3.C2H6/c1-7-21(27(31)30(6)26(18(2)3)16-20(5)28(32)33)15-19(4)25(29)17-23-13-10-12-22-11-8-9-14-24(22)23;1-2/h8-14,16,18,21,25-26H,4,7,15,17,29H2,1-3,5-6H3,(H,32,33);1-2H3/b20-16+;/t21-,25?,26-;/m1./s1. The van der Waals surface area contributed by atoms with E-state index in [2.05, 4.69) is 30.8 Å². The van der Waals surface area contributed by atoms with Gasteiger partial charge in [0.15, 0.2) is 0 Å². The number of amides is 1. The Balaban J connectivity index is 0.00000298. The molecule has 1 amide bonds. The number of benzene rings is 2. The van der Waals surface area contributed by atoms with Gasteiger partial charge >= 0.3 is 5.97 Å². The lowest BCUT2D eigenvalue weighted by molar-refractivity contribution is -0.137. The lowest BCUT2D eigenvalue weighted by atomic mass is 9.88. The van der Waals surface area contributed by atoms with Crippen LogP contribution < -0.4 is 5.73 Å². The number of aliphatic carboxylic acids is 1. The van der Waals surface area contributed by atoms with Gasteiger partial charge in [-0.3, -0.25) is 4.79 Å². The minimum atomic E-state index is -0.971. The fourth-order valence-electron chi connectivity index (χ4n) is 4.24. The first kappa shape index (κ1) is 30.1. The summed E-state index contributed by atoms with van der Waals surface area (Å²) in [6.45, 7) is 15.7. The predicted molar refractivity (Wildman–Crippen MR) is 147 cm³/mol. The molecule has 0 aromatic heterocycles. The molecule has 0 bridgehead atoms. The number of carboxylic acids is 1. The Morgan fingerprint density at radius 1 is 1.11 bits per heavy atom. The van der Waals surface area contributed by atoms with E-state index in [-0.39, 0.29) is 35.4 Å². The first-order valence-electron chi connectivity index (χ1n) is 12.6. The molecule has 0 aliphatic heterocycles. The van der Waals surface area contributed by atoms with Crippen LogP contribution in [0.4, 0.5) is 0 Å². The molecule has 3 atom stereocenters. The average Bonchev–Trinajstić information content (AvgIpc) is 2.85. The van der Waals surface area contributed by atoms with E-state index in [0.29, 0.717) is 19.3 Å². The molecule has 2 rings (SSSR count). The molecular formula is C30H44N2O3. The van der Waals surface area contributed by atoms with Crippen LogP contribution in [-0.2, 0) is 16.0 Å². The fourth-order valence-corrected chi connectivity index (χ4v) is 4.24. The first-order chi connectivity index (χ1) is 16.6. The number of nitrogens with two attached hydrogens (primary N) is 1. The Bertz CT molecular complexity index is 1020. The number of carbonyl (C=O) groups is 2. The summed E-state index contributed by atoms with van der Waals surface area (Å²) in [7, 11) is 1.75. The lowest BCUT2D eigenvalue weighted by Crippen LogP contribution is -2.43. The Kier molecular flexibility index (Phi) is 12.5. The van der Waals surface area contributed by atoms with Gasteiger partial charge in [-0.05, 0) is 48.4 Å². The number of carboxylic acid groups (broad SMARTS) is 1. The molecule has 0 aliphatic rings. The second kappa shape index (κ2) is 14.5. The van der Waals surface area contributed by atoms with Crippen molar-refractivity contribution in [2.24, 2.45) is 17.6 Å². The van der Waals surface area contributed by atoms with E-state index >= 15 is 0 Å². The highest BCUT2D eigenvalue weighted by molar-refractivity contribution is 5.86. The largest absolute Gasteiger partial charge is 0.478 e. The molecule has 0 fully saturated rings. The van der Waals surface area contributed by atoms with Crippen molar-refractivity contribution < 1.29 is 14.7 Å². The molecule has 192 valence electrons. The van der Waals surface area contributed by atoms with Crippen molar-refractivity contribution in [3.63, 3.8) is 0 Å². The Labute approximate surface area is 211 Å². The molecule has 0 saturated heterocycles. The molecule has 2 aromatic rings. The van der Waals surface area contributed by atoms with Crippen LogP contribution in [-0.4, -0.2) is 41.0 Å². The molecule has 0 spiro atoms. The third-order valence-electron chi connectivity index (χ3n) is 6.43. The normalized spacial score (nSPS) is 14.0. The smallest absolute Gasteiger partial charge is 0.331 e. The molecular weight excluding hydrogens is 436 g/mol. The lowest BCUT2D eigenvalue weighted by Gasteiger charge is -2.32. The summed E-state index contributed by atoms with van der Waals surface area (Å²) in [5.74, 6) is -1.14. The summed E-state index contributed by atoms with van der Waals surface area (Å²) in [5.41, 5.74) is 8.80. The van der Waals surface area contributed by atoms with E-state index in [1.54, 1.807) is 24.9 Å². The number of nitrogens with zero attached hydrogens (tertiary/aromatic N) is 1. The maximum absolute atomic E-state index is 13.3. The monoisotopic (exact) mass is 480 g/mol. The van der Waals surface area contributed by atoms with Crippen LogP contribution in [0.2, 0.25) is 0 Å². The molecule has 0 heterocycles. The number of carbonyl (C=O) groups excluding carboxylic acids is 1. The zero-order valence-corrected chi connectivity index (χ0v) is 22.5. The summed E-state index contributed by atoms with van der Waals surface area (Å²) in [6.07, 6.45) is 3.50. The van der Waals surface area contributed by atoms with Gasteiger partial charge in [0.2, 0.25) is 5.91 Å². The Hall–Kier alpha value is -2.92. The van der Waals surface area contributed by atoms with Gasteiger partial charge in [0.1, 0.15) is 0 Å². The van der Waals surface area contributed by atoms with Crippen molar-refractivity contribution in [1.29, 1.82) is 0 Å². The molecule has 0 saturated carbocycles. The molecule has 35 heavy (non-hydrogen) atoms. The van der Waals surface area contributed by atoms with Crippen LogP contribution in [0, 0.1) is 11.8 Å². The van der Waals surface area contributed by atoms with E-state index in [0.717, 1.165) is 5.57 Å². The highest BCUT2D eigenvalue weighted by atomic mass is 16.4. The second-order valence-corrected chi connectivity index (χ2v) is 9.26. The predicted octanol–water partition coefficient (Wildman–Crippen LogP) is 6.22. The third-order valence-corrected chi connectivity index (χ3v) is 6.43. The Morgan fingerprint density at radius 2 is 1.71 bits per heavy atom. The number of fused-ring (bicyclic) bond motifs is 1. The fraction of sp³-hybridized carbons (Fsp3) is 0.467. The van der Waals surface area contributed by atoms with Gasteiger partial charge in [-0.2, -0.15) is 0 Å². The molecule has 0 radical (unpaired) electrons. The van der Waals surface area contributed by atoms with Crippen LogP contribution in [0.1, 0.15) is 59.9 Å². The van der Waals surface area contributed by atoms with E-state index < -0.39 is 5.97 Å². The average molecular weight is 481 g/mol. The van der Waals surface area contributed by atoms with Crippen LogP contribution in [0.25, 0.3) is 10.8 Å². The zero-order chi connectivity index (χ0) is 26.7. The van der Waals surface area contributed by atoms with Gasteiger partial charge in [0.25, 0.3) is 0 Å². The molecule has 1 unspecified atom stereocenters. The van der Waals surface area contributed by atoms with Crippen molar-refractivity contribution in [3.05, 3.63) is 71.8 Å². The molecule has 0 aliphatic carbocycles. The molecule has 3 N–H and O–H groups in total. The topological polar surface area (TPSA) is 83.6 Å². The zero-order valence-electron chi connectivity index (χ0n) is 22.5. The van der Waals surface area contributed by atoms with E-state index in [4.69, 9.17) is 5.73 Å². The van der Waals surface area contributed by atoms with Crippen LogP contribution in [0.5, 0.6) is 0 Å². The number of hydrogen-bond acceptors (Lipinski definition) is 3. The second-order valence-electron chi connectivity index (χ2n) is 9.26. The van der Waals surface area contributed by atoms with Gasteiger partial charge in [0.05, 0.1) is 6.04 Å². The summed E-state index contributed by atoms with van der Waals surface area (Å²) in [5, 5.41) is 11.6. The van der Waals surface area contributed by atoms with Gasteiger partial charge < -0.3 is 15.7 Å². The summed E-state index contributed by atoms with van der Waals surface area (Å²) in [4.78, 5) is 26.3. The van der Waals surface area contributed by atoms with Gasteiger partial charge in [-0.25, -0.2) is 4.79 Å². The van der Waals surface area contributed by atoms with Crippen molar-refractivity contribution in [3.8, 4) is 0 Å². The van der Waals surface area contributed by atoms with Crippen molar-refractivity contribution in [2.75, 3.05) is 7.05 Å². The third kappa shape index (κ3) is 8.36. The highest BCUT2D eigenvalue weighted by Crippen LogP contribution is 2.25. The van der Waals surface area contributed by atoms with Crippen molar-refractivity contribution in [2.45, 2.75) is 72.9 Å². The number of hydrogen-bond donors (Lipinski definition) is 2. The first-order valence-corrected chi connectivity index (χ1v) is 12.6. The highest BCUT2D eigenvalue weighted by Gasteiger charge is 2.28. The van der Waals surface area contributed by atoms with Crippen molar-refractivity contribution in [1.82, 2.24) is 4.90 Å². The van der Waals surface area contributed by atoms with Gasteiger partial charge in [-0.15, -0.1) is 0 Å². The van der Waals surface area contributed by atoms with E-state index in [1.807, 2.05) is 52.8 Å². The van der Waals surface area contributed by atoms with Crippen LogP contribution in [0.15, 0.2) is 66.3 Å². The summed E-state index contributed by atoms with van der Waals surface area (Å²) >= 11 is 0. The molecule has 5 nitrogen and oxygen atoms in total. The SMILES string of the molecule is C=C(C[C@@H](CC)C(=O)N(C)[C@H](/C=C(\C)C(=O)O)C(C)C)C(N)Cc1cccc2ccccc12.CC. The Morgan fingerprint density at radius 3 is 2.29 bits per heavy atom. The minimum Gasteiger partial charge on any atom is -0.478 e. The van der Waals surface area contributed by atoms with Gasteiger partial charge in [-0.1, -0.05) is 95.3 Å². The van der Waals surface area contributed by atoms with Gasteiger partial charge in [0, 0.05) is 24.6 Å². The van der Waals surface area contributed by atoms with E-state index in [9.17, 15) is 14.7 Å². The quantitative estimate of drug-likeness (QED) is 0.295. The van der Waals surface area contributed by atoms with Crippen molar-refractivity contribution >= 4 is 22.6 Å². The van der Waals surface area contributed by atoms with Crippen LogP contribution in [0.3, 0.4) is 0 Å².